The Morgan fingerprint density at radius 3 is 2.94 bits per heavy atom. The van der Waals surface area contributed by atoms with Gasteiger partial charge < -0.3 is 10.2 Å². The maximum absolute atomic E-state index is 11.6. The summed E-state index contributed by atoms with van der Waals surface area (Å²) in [6.45, 7) is 5.16. The molecule has 0 atom stereocenters. The minimum absolute atomic E-state index is 0.0377. The fourth-order valence-electron chi connectivity index (χ4n) is 2.03. The number of carbonyl (C=O) groups excluding carboxylic acids is 1. The van der Waals surface area contributed by atoms with Crippen LogP contribution in [0.5, 0.6) is 0 Å². The summed E-state index contributed by atoms with van der Waals surface area (Å²) in [5.74, 6) is 0.0377. The van der Waals surface area contributed by atoms with Crippen LogP contribution in [-0.2, 0) is 4.79 Å². The molecule has 0 saturated heterocycles. The van der Waals surface area contributed by atoms with Crippen LogP contribution in [0.3, 0.4) is 0 Å². The SMILES string of the molecule is CC(=O)N1CCCNc2cc(C)cc(Cl)c21. The summed E-state index contributed by atoms with van der Waals surface area (Å²) in [5.41, 5.74) is 2.87. The van der Waals surface area contributed by atoms with Crippen LogP contribution in [0.2, 0.25) is 5.02 Å². The van der Waals surface area contributed by atoms with Crippen molar-refractivity contribution in [3.63, 3.8) is 0 Å². The lowest BCUT2D eigenvalue weighted by molar-refractivity contribution is -0.116. The van der Waals surface area contributed by atoms with E-state index in [0.29, 0.717) is 5.02 Å². The van der Waals surface area contributed by atoms with Gasteiger partial charge in [-0.2, -0.15) is 0 Å². The number of hydrogen-bond acceptors (Lipinski definition) is 2. The quantitative estimate of drug-likeness (QED) is 0.754. The van der Waals surface area contributed by atoms with Gasteiger partial charge >= 0.3 is 0 Å². The second kappa shape index (κ2) is 4.34. The first-order valence-electron chi connectivity index (χ1n) is 5.41. The van der Waals surface area contributed by atoms with Crippen molar-refractivity contribution in [1.29, 1.82) is 0 Å². The third-order valence-electron chi connectivity index (χ3n) is 2.73. The van der Waals surface area contributed by atoms with Gasteiger partial charge in [0, 0.05) is 20.0 Å². The molecular weight excluding hydrogens is 224 g/mol. The number of nitrogens with one attached hydrogen (secondary N) is 1. The van der Waals surface area contributed by atoms with Crippen molar-refractivity contribution < 1.29 is 4.79 Å². The highest BCUT2D eigenvalue weighted by atomic mass is 35.5. The Morgan fingerprint density at radius 2 is 2.25 bits per heavy atom. The van der Waals surface area contributed by atoms with E-state index in [0.717, 1.165) is 36.4 Å². The molecule has 16 heavy (non-hydrogen) atoms. The molecule has 1 aromatic rings. The molecule has 2 rings (SSSR count). The number of carbonyl (C=O) groups is 1. The van der Waals surface area contributed by atoms with Crippen LogP contribution in [0.25, 0.3) is 0 Å². The van der Waals surface area contributed by atoms with E-state index < -0.39 is 0 Å². The van der Waals surface area contributed by atoms with Gasteiger partial charge in [0.2, 0.25) is 5.91 Å². The lowest BCUT2D eigenvalue weighted by atomic mass is 10.1. The molecule has 0 unspecified atom stereocenters. The number of hydrogen-bond donors (Lipinski definition) is 1. The Morgan fingerprint density at radius 1 is 1.50 bits per heavy atom. The number of amides is 1. The number of halogens is 1. The van der Waals surface area contributed by atoms with Crippen molar-refractivity contribution in [2.45, 2.75) is 20.3 Å². The van der Waals surface area contributed by atoms with Gasteiger partial charge in [-0.25, -0.2) is 0 Å². The zero-order valence-electron chi connectivity index (χ0n) is 9.51. The molecule has 1 aliphatic rings. The van der Waals surface area contributed by atoms with Crippen LogP contribution in [0.4, 0.5) is 11.4 Å². The van der Waals surface area contributed by atoms with Crippen molar-refractivity contribution in [2.75, 3.05) is 23.3 Å². The lowest BCUT2D eigenvalue weighted by Gasteiger charge is -2.22. The Labute approximate surface area is 100 Å². The first-order chi connectivity index (χ1) is 7.59. The van der Waals surface area contributed by atoms with Gasteiger partial charge in [-0.3, -0.25) is 4.79 Å². The monoisotopic (exact) mass is 238 g/mol. The minimum atomic E-state index is 0.0377. The predicted molar refractivity (Wildman–Crippen MR) is 67.3 cm³/mol. The molecule has 0 aliphatic carbocycles. The van der Waals surface area contributed by atoms with Crippen LogP contribution in [0, 0.1) is 6.92 Å². The highest BCUT2D eigenvalue weighted by molar-refractivity contribution is 6.34. The third kappa shape index (κ3) is 2.00. The van der Waals surface area contributed by atoms with E-state index in [4.69, 9.17) is 11.6 Å². The molecule has 1 aliphatic heterocycles. The first kappa shape index (κ1) is 11.3. The van der Waals surface area contributed by atoms with Gasteiger partial charge in [-0.05, 0) is 31.0 Å². The van der Waals surface area contributed by atoms with Crippen molar-refractivity contribution in [1.82, 2.24) is 0 Å². The number of benzene rings is 1. The van der Waals surface area contributed by atoms with Gasteiger partial charge in [-0.1, -0.05) is 11.6 Å². The maximum atomic E-state index is 11.6. The molecule has 1 heterocycles. The van der Waals surface area contributed by atoms with Gasteiger partial charge in [-0.15, -0.1) is 0 Å². The average Bonchev–Trinajstić information content (AvgIpc) is 2.39. The highest BCUT2D eigenvalue weighted by Gasteiger charge is 2.21. The van der Waals surface area contributed by atoms with Crippen LogP contribution >= 0.6 is 11.6 Å². The molecule has 0 fully saturated rings. The number of rotatable bonds is 0. The van der Waals surface area contributed by atoms with Crippen molar-refractivity contribution in [3.05, 3.63) is 22.7 Å². The van der Waals surface area contributed by atoms with E-state index in [1.165, 1.54) is 0 Å². The van der Waals surface area contributed by atoms with Gasteiger partial charge in [0.05, 0.1) is 16.4 Å². The molecule has 0 spiro atoms. The van der Waals surface area contributed by atoms with Crippen LogP contribution in [0.1, 0.15) is 18.9 Å². The van der Waals surface area contributed by atoms with Crippen molar-refractivity contribution in [2.24, 2.45) is 0 Å². The second-order valence-corrected chi connectivity index (χ2v) is 4.50. The summed E-state index contributed by atoms with van der Waals surface area (Å²) in [6, 6.07) is 3.92. The summed E-state index contributed by atoms with van der Waals surface area (Å²) in [7, 11) is 0. The summed E-state index contributed by atoms with van der Waals surface area (Å²) in [4.78, 5) is 13.3. The summed E-state index contributed by atoms with van der Waals surface area (Å²) in [6.07, 6.45) is 0.934. The van der Waals surface area contributed by atoms with Crippen LogP contribution in [-0.4, -0.2) is 19.0 Å². The van der Waals surface area contributed by atoms with E-state index in [9.17, 15) is 4.79 Å². The number of nitrogens with zero attached hydrogens (tertiary/aromatic N) is 1. The number of fused-ring (bicyclic) bond motifs is 1. The minimum Gasteiger partial charge on any atom is -0.383 e. The molecule has 0 aromatic heterocycles. The average molecular weight is 239 g/mol. The van der Waals surface area contributed by atoms with E-state index in [1.807, 2.05) is 19.1 Å². The van der Waals surface area contributed by atoms with E-state index in [1.54, 1.807) is 11.8 Å². The second-order valence-electron chi connectivity index (χ2n) is 4.09. The molecule has 86 valence electrons. The fraction of sp³-hybridized carbons (Fsp3) is 0.417. The standard InChI is InChI=1S/C12H15ClN2O/c1-8-6-10(13)12-11(7-8)14-4-3-5-15(12)9(2)16/h6-7,14H,3-5H2,1-2H3. The van der Waals surface area contributed by atoms with Crippen LogP contribution in [0.15, 0.2) is 12.1 Å². The molecule has 1 aromatic carbocycles. The topological polar surface area (TPSA) is 32.3 Å². The van der Waals surface area contributed by atoms with E-state index in [2.05, 4.69) is 5.32 Å². The summed E-state index contributed by atoms with van der Waals surface area (Å²) < 4.78 is 0. The van der Waals surface area contributed by atoms with Gasteiger partial charge in [0.25, 0.3) is 0 Å². The normalized spacial score (nSPS) is 15.1. The van der Waals surface area contributed by atoms with Crippen molar-refractivity contribution in [3.8, 4) is 0 Å². The largest absolute Gasteiger partial charge is 0.383 e. The maximum Gasteiger partial charge on any atom is 0.223 e. The molecule has 0 saturated carbocycles. The Hall–Kier alpha value is -1.22. The molecule has 0 bridgehead atoms. The summed E-state index contributed by atoms with van der Waals surface area (Å²) in [5, 5.41) is 3.95. The first-order valence-corrected chi connectivity index (χ1v) is 5.79. The smallest absolute Gasteiger partial charge is 0.223 e. The molecule has 1 N–H and O–H groups in total. The molecular formula is C12H15ClN2O. The molecule has 0 radical (unpaired) electrons. The fourth-order valence-corrected chi connectivity index (χ4v) is 2.41. The van der Waals surface area contributed by atoms with Crippen LogP contribution < -0.4 is 10.2 Å². The van der Waals surface area contributed by atoms with E-state index >= 15 is 0 Å². The number of aryl methyl sites for hydroxylation is 1. The number of anilines is 2. The third-order valence-corrected chi connectivity index (χ3v) is 3.02. The lowest BCUT2D eigenvalue weighted by Crippen LogP contribution is -2.29. The Balaban J connectivity index is 2.56. The Kier molecular flexibility index (Phi) is 3.06. The molecule has 3 nitrogen and oxygen atoms in total. The van der Waals surface area contributed by atoms with Gasteiger partial charge in [0.1, 0.15) is 0 Å². The molecule has 4 heteroatoms. The van der Waals surface area contributed by atoms with E-state index in [-0.39, 0.29) is 5.91 Å². The highest BCUT2D eigenvalue weighted by Crippen LogP contribution is 2.36. The zero-order valence-corrected chi connectivity index (χ0v) is 10.3. The van der Waals surface area contributed by atoms with Crippen molar-refractivity contribution >= 4 is 28.9 Å². The summed E-state index contributed by atoms with van der Waals surface area (Å²) >= 11 is 6.22. The molecule has 1 amide bonds. The van der Waals surface area contributed by atoms with Gasteiger partial charge in [0.15, 0.2) is 0 Å². The zero-order chi connectivity index (χ0) is 11.7. The Bertz CT molecular complexity index is 431. The predicted octanol–water partition coefficient (Wildman–Crippen LogP) is 2.82.